The molecule has 0 aliphatic carbocycles. The van der Waals surface area contributed by atoms with Crippen molar-refractivity contribution < 1.29 is 19.8 Å². The smallest absolute Gasteiger partial charge is 0.328 e. The maximum Gasteiger partial charge on any atom is 0.328 e. The van der Waals surface area contributed by atoms with E-state index in [4.69, 9.17) is 10.2 Å². The highest BCUT2D eigenvalue weighted by Gasteiger charge is 2.17. The molecule has 0 saturated heterocycles. The molecule has 1 amide bonds. The van der Waals surface area contributed by atoms with Crippen molar-refractivity contribution in [2.45, 2.75) is 6.04 Å². The van der Waals surface area contributed by atoms with Crippen molar-refractivity contribution in [3.05, 3.63) is 12.7 Å². The van der Waals surface area contributed by atoms with E-state index in [1.807, 2.05) is 0 Å². The van der Waals surface area contributed by atoms with Crippen LogP contribution in [-0.4, -0.2) is 46.2 Å². The summed E-state index contributed by atoms with van der Waals surface area (Å²) in [6.07, 6.45) is 1.65. The van der Waals surface area contributed by atoms with Crippen LogP contribution in [-0.2, 0) is 9.59 Å². The number of hydrogen-bond acceptors (Lipinski definition) is 4. The highest BCUT2D eigenvalue weighted by molar-refractivity contribution is 8.00. The summed E-state index contributed by atoms with van der Waals surface area (Å²) in [7, 11) is 0. The van der Waals surface area contributed by atoms with Crippen LogP contribution in [0.25, 0.3) is 0 Å². The Balaban J connectivity index is 3.79. The standard InChI is InChI=1S/C8H13NO4S/c1-2-3-14-5-7(11)9-6(4-10)8(12)13/h2,6,10H,1,3-5H2,(H,9,11)(H,12,13). The third-order valence-corrected chi connectivity index (χ3v) is 2.22. The number of thioether (sulfide) groups is 1. The molecule has 0 bridgehead atoms. The van der Waals surface area contributed by atoms with E-state index < -0.39 is 24.5 Å². The van der Waals surface area contributed by atoms with Crippen LogP contribution < -0.4 is 5.32 Å². The first-order valence-electron chi connectivity index (χ1n) is 3.93. The Morgan fingerprint density at radius 1 is 1.57 bits per heavy atom. The minimum atomic E-state index is -1.24. The highest BCUT2D eigenvalue weighted by atomic mass is 32.2. The lowest BCUT2D eigenvalue weighted by atomic mass is 10.3. The Morgan fingerprint density at radius 2 is 2.21 bits per heavy atom. The Hall–Kier alpha value is -1.01. The molecular weight excluding hydrogens is 206 g/mol. The van der Waals surface area contributed by atoms with Gasteiger partial charge in [-0.25, -0.2) is 4.79 Å². The molecule has 0 spiro atoms. The molecule has 0 aromatic rings. The van der Waals surface area contributed by atoms with Crippen LogP contribution in [0.15, 0.2) is 12.7 Å². The summed E-state index contributed by atoms with van der Waals surface area (Å²) >= 11 is 1.32. The van der Waals surface area contributed by atoms with Crippen LogP contribution in [0.5, 0.6) is 0 Å². The number of carbonyl (C=O) groups is 2. The number of nitrogens with one attached hydrogen (secondary N) is 1. The molecule has 5 nitrogen and oxygen atoms in total. The molecule has 0 aliphatic heterocycles. The molecule has 0 saturated carbocycles. The lowest BCUT2D eigenvalue weighted by Gasteiger charge is -2.10. The van der Waals surface area contributed by atoms with E-state index in [2.05, 4.69) is 11.9 Å². The summed E-state index contributed by atoms with van der Waals surface area (Å²) in [5.74, 6) is -0.854. The van der Waals surface area contributed by atoms with E-state index in [0.29, 0.717) is 5.75 Å². The number of hydrogen-bond donors (Lipinski definition) is 3. The van der Waals surface area contributed by atoms with Gasteiger partial charge in [-0.2, -0.15) is 0 Å². The monoisotopic (exact) mass is 219 g/mol. The zero-order valence-corrected chi connectivity index (χ0v) is 8.42. The number of carboxylic acid groups (broad SMARTS) is 1. The topological polar surface area (TPSA) is 86.6 Å². The summed E-state index contributed by atoms with van der Waals surface area (Å²) < 4.78 is 0. The van der Waals surface area contributed by atoms with Gasteiger partial charge in [0.1, 0.15) is 6.04 Å². The van der Waals surface area contributed by atoms with Gasteiger partial charge in [-0.05, 0) is 0 Å². The van der Waals surface area contributed by atoms with Gasteiger partial charge in [0.05, 0.1) is 12.4 Å². The highest BCUT2D eigenvalue weighted by Crippen LogP contribution is 1.98. The Bertz CT molecular complexity index is 219. The van der Waals surface area contributed by atoms with E-state index in [-0.39, 0.29) is 5.75 Å². The second-order valence-electron chi connectivity index (χ2n) is 2.44. The second kappa shape index (κ2) is 7.40. The van der Waals surface area contributed by atoms with Crippen molar-refractivity contribution in [3.8, 4) is 0 Å². The first-order chi connectivity index (χ1) is 6.61. The summed E-state index contributed by atoms with van der Waals surface area (Å²) in [5.41, 5.74) is 0. The molecule has 3 N–H and O–H groups in total. The van der Waals surface area contributed by atoms with Crippen molar-refractivity contribution in [3.63, 3.8) is 0 Å². The molecule has 0 radical (unpaired) electrons. The first kappa shape index (κ1) is 13.0. The summed E-state index contributed by atoms with van der Waals surface area (Å²) in [4.78, 5) is 21.4. The molecule has 0 heterocycles. The molecule has 6 heteroatoms. The van der Waals surface area contributed by atoms with Gasteiger partial charge in [0.15, 0.2) is 0 Å². The lowest BCUT2D eigenvalue weighted by Crippen LogP contribution is -2.44. The quantitative estimate of drug-likeness (QED) is 0.396. The summed E-state index contributed by atoms with van der Waals surface area (Å²) in [6, 6.07) is -1.22. The largest absolute Gasteiger partial charge is 0.480 e. The fourth-order valence-electron chi connectivity index (χ4n) is 0.656. The Morgan fingerprint density at radius 3 is 2.64 bits per heavy atom. The van der Waals surface area contributed by atoms with Crippen LogP contribution in [0.1, 0.15) is 0 Å². The predicted octanol–water partition coefficient (Wildman–Crippen LogP) is -0.533. The maximum absolute atomic E-state index is 11.1. The first-order valence-corrected chi connectivity index (χ1v) is 5.09. The molecule has 80 valence electrons. The normalized spacial score (nSPS) is 11.8. The van der Waals surface area contributed by atoms with E-state index in [9.17, 15) is 9.59 Å². The van der Waals surface area contributed by atoms with Gasteiger partial charge in [-0.3, -0.25) is 4.79 Å². The number of aliphatic hydroxyl groups is 1. The minimum absolute atomic E-state index is 0.162. The molecular formula is C8H13NO4S. The van der Waals surface area contributed by atoms with E-state index in [0.717, 1.165) is 0 Å². The van der Waals surface area contributed by atoms with Crippen LogP contribution in [0.3, 0.4) is 0 Å². The molecule has 0 aliphatic rings. The average Bonchev–Trinajstić information content (AvgIpc) is 2.14. The molecule has 0 aromatic heterocycles. The third kappa shape index (κ3) is 5.60. The Kier molecular flexibility index (Phi) is 6.87. The minimum Gasteiger partial charge on any atom is -0.480 e. The fraction of sp³-hybridized carbons (Fsp3) is 0.500. The lowest BCUT2D eigenvalue weighted by molar-refractivity contribution is -0.142. The number of amides is 1. The van der Waals surface area contributed by atoms with Gasteiger partial charge >= 0.3 is 5.97 Å². The third-order valence-electron chi connectivity index (χ3n) is 1.28. The number of carboxylic acids is 1. The van der Waals surface area contributed by atoms with Crippen LogP contribution in [0.4, 0.5) is 0 Å². The van der Waals surface area contributed by atoms with Crippen molar-refractivity contribution in [2.75, 3.05) is 18.1 Å². The molecule has 14 heavy (non-hydrogen) atoms. The zero-order chi connectivity index (χ0) is 11.0. The molecule has 1 unspecified atom stereocenters. The Labute approximate surface area is 86.2 Å². The SMILES string of the molecule is C=CCSCC(=O)NC(CO)C(=O)O. The molecule has 0 rings (SSSR count). The summed E-state index contributed by atoms with van der Waals surface area (Å²) in [6.45, 7) is 2.87. The van der Waals surface area contributed by atoms with Crippen LogP contribution in [0, 0.1) is 0 Å². The second-order valence-corrected chi connectivity index (χ2v) is 3.47. The molecule has 1 atom stereocenters. The van der Waals surface area contributed by atoms with Gasteiger partial charge in [0, 0.05) is 5.75 Å². The molecule has 0 aromatic carbocycles. The van der Waals surface area contributed by atoms with E-state index in [1.54, 1.807) is 6.08 Å². The van der Waals surface area contributed by atoms with Gasteiger partial charge < -0.3 is 15.5 Å². The van der Waals surface area contributed by atoms with Gasteiger partial charge in [0.2, 0.25) is 5.91 Å². The van der Waals surface area contributed by atoms with Gasteiger partial charge in [0.25, 0.3) is 0 Å². The van der Waals surface area contributed by atoms with Gasteiger partial charge in [-0.1, -0.05) is 6.08 Å². The van der Waals surface area contributed by atoms with Crippen molar-refractivity contribution in [1.29, 1.82) is 0 Å². The number of aliphatic carboxylic acids is 1. The zero-order valence-electron chi connectivity index (χ0n) is 7.60. The number of rotatable bonds is 7. The fourth-order valence-corrected chi connectivity index (χ4v) is 1.21. The van der Waals surface area contributed by atoms with E-state index >= 15 is 0 Å². The number of carbonyl (C=O) groups excluding carboxylic acids is 1. The number of aliphatic hydroxyl groups excluding tert-OH is 1. The molecule has 0 fully saturated rings. The van der Waals surface area contributed by atoms with Gasteiger partial charge in [-0.15, -0.1) is 18.3 Å². The van der Waals surface area contributed by atoms with Crippen molar-refractivity contribution in [1.82, 2.24) is 5.32 Å². The average molecular weight is 219 g/mol. The summed E-state index contributed by atoms with van der Waals surface area (Å²) in [5, 5.41) is 19.3. The van der Waals surface area contributed by atoms with Crippen molar-refractivity contribution >= 4 is 23.6 Å². The maximum atomic E-state index is 11.1. The van der Waals surface area contributed by atoms with Crippen LogP contribution in [0.2, 0.25) is 0 Å². The van der Waals surface area contributed by atoms with Crippen molar-refractivity contribution in [2.24, 2.45) is 0 Å². The van der Waals surface area contributed by atoms with E-state index in [1.165, 1.54) is 11.8 Å². The van der Waals surface area contributed by atoms with Crippen LogP contribution >= 0.6 is 11.8 Å². The predicted molar refractivity (Wildman–Crippen MR) is 54.2 cm³/mol.